The van der Waals surface area contributed by atoms with Gasteiger partial charge >= 0.3 is 0 Å². The standard InChI is InChI=1S/C17H26FN/c1-12(17(5)10-11-17)19-15(16(2,3)4)13-6-8-14(18)9-7-13/h6-9,12,15,19H,10-11H2,1-5H3. The van der Waals surface area contributed by atoms with Crippen LogP contribution in [0.4, 0.5) is 4.39 Å². The molecule has 0 heterocycles. The fourth-order valence-electron chi connectivity index (χ4n) is 2.58. The summed E-state index contributed by atoms with van der Waals surface area (Å²) in [5.41, 5.74) is 1.73. The Morgan fingerprint density at radius 2 is 1.68 bits per heavy atom. The van der Waals surface area contributed by atoms with Gasteiger partial charge < -0.3 is 5.32 Å². The van der Waals surface area contributed by atoms with Gasteiger partial charge in [-0.25, -0.2) is 4.39 Å². The summed E-state index contributed by atoms with van der Waals surface area (Å²) in [5, 5.41) is 3.77. The molecule has 0 radical (unpaired) electrons. The molecule has 0 aromatic heterocycles. The smallest absolute Gasteiger partial charge is 0.123 e. The van der Waals surface area contributed by atoms with Gasteiger partial charge in [0.2, 0.25) is 0 Å². The number of hydrogen-bond donors (Lipinski definition) is 1. The first kappa shape index (κ1) is 14.5. The molecule has 1 saturated carbocycles. The summed E-state index contributed by atoms with van der Waals surface area (Å²) in [5.74, 6) is -0.168. The van der Waals surface area contributed by atoms with Gasteiger partial charge in [0.1, 0.15) is 5.82 Å². The van der Waals surface area contributed by atoms with Crippen LogP contribution in [0.5, 0.6) is 0 Å². The largest absolute Gasteiger partial charge is 0.306 e. The van der Waals surface area contributed by atoms with Crippen LogP contribution in [0.2, 0.25) is 0 Å². The Hall–Kier alpha value is -0.890. The van der Waals surface area contributed by atoms with Crippen LogP contribution in [-0.2, 0) is 0 Å². The van der Waals surface area contributed by atoms with Crippen LogP contribution in [-0.4, -0.2) is 6.04 Å². The molecular weight excluding hydrogens is 237 g/mol. The summed E-state index contributed by atoms with van der Waals surface area (Å²) in [4.78, 5) is 0. The van der Waals surface area contributed by atoms with Crippen LogP contribution in [0.15, 0.2) is 24.3 Å². The van der Waals surface area contributed by atoms with Crippen molar-refractivity contribution >= 4 is 0 Å². The lowest BCUT2D eigenvalue weighted by Crippen LogP contribution is -2.41. The summed E-state index contributed by atoms with van der Waals surface area (Å²) in [6.07, 6.45) is 2.61. The van der Waals surface area contributed by atoms with Crippen molar-refractivity contribution in [3.8, 4) is 0 Å². The highest BCUT2D eigenvalue weighted by Gasteiger charge is 2.44. The first-order chi connectivity index (χ1) is 8.72. The van der Waals surface area contributed by atoms with E-state index in [1.165, 1.54) is 18.4 Å². The van der Waals surface area contributed by atoms with Crippen LogP contribution in [0.3, 0.4) is 0 Å². The average molecular weight is 263 g/mol. The van der Waals surface area contributed by atoms with Gasteiger partial charge in [-0.3, -0.25) is 0 Å². The summed E-state index contributed by atoms with van der Waals surface area (Å²) < 4.78 is 13.1. The van der Waals surface area contributed by atoms with E-state index in [1.807, 2.05) is 12.1 Å². The lowest BCUT2D eigenvalue weighted by atomic mass is 9.81. The summed E-state index contributed by atoms with van der Waals surface area (Å²) >= 11 is 0. The normalized spacial score (nSPS) is 20.9. The quantitative estimate of drug-likeness (QED) is 0.831. The van der Waals surface area contributed by atoms with Gasteiger partial charge in [-0.1, -0.05) is 39.8 Å². The van der Waals surface area contributed by atoms with Gasteiger partial charge in [0.25, 0.3) is 0 Å². The minimum absolute atomic E-state index is 0.108. The molecule has 0 aliphatic heterocycles. The highest BCUT2D eigenvalue weighted by Crippen LogP contribution is 2.49. The second kappa shape index (κ2) is 4.90. The summed E-state index contributed by atoms with van der Waals surface area (Å²) in [7, 11) is 0. The van der Waals surface area contributed by atoms with Crippen molar-refractivity contribution in [2.24, 2.45) is 10.8 Å². The molecule has 106 valence electrons. The SMILES string of the molecule is CC(NC(c1ccc(F)cc1)C(C)(C)C)C1(C)CC1. The van der Waals surface area contributed by atoms with E-state index in [2.05, 4.69) is 39.9 Å². The van der Waals surface area contributed by atoms with Crippen LogP contribution < -0.4 is 5.32 Å². The maximum absolute atomic E-state index is 13.1. The van der Waals surface area contributed by atoms with Crippen molar-refractivity contribution in [2.75, 3.05) is 0 Å². The van der Waals surface area contributed by atoms with Crippen molar-refractivity contribution in [1.29, 1.82) is 0 Å². The van der Waals surface area contributed by atoms with E-state index in [4.69, 9.17) is 0 Å². The molecule has 19 heavy (non-hydrogen) atoms. The molecule has 2 unspecified atom stereocenters. The lowest BCUT2D eigenvalue weighted by Gasteiger charge is -2.36. The Bertz CT molecular complexity index is 426. The van der Waals surface area contributed by atoms with Crippen LogP contribution in [0, 0.1) is 16.6 Å². The zero-order chi connectivity index (χ0) is 14.3. The number of nitrogens with one attached hydrogen (secondary N) is 1. The predicted molar refractivity (Wildman–Crippen MR) is 78.5 cm³/mol. The molecule has 1 aliphatic carbocycles. The maximum Gasteiger partial charge on any atom is 0.123 e. The fraction of sp³-hybridized carbons (Fsp3) is 0.647. The lowest BCUT2D eigenvalue weighted by molar-refractivity contribution is 0.223. The zero-order valence-electron chi connectivity index (χ0n) is 12.8. The number of benzene rings is 1. The van der Waals surface area contributed by atoms with Gasteiger partial charge in [0, 0.05) is 12.1 Å². The van der Waals surface area contributed by atoms with E-state index in [1.54, 1.807) is 12.1 Å². The Morgan fingerprint density at radius 3 is 2.11 bits per heavy atom. The fourth-order valence-corrected chi connectivity index (χ4v) is 2.58. The molecular formula is C17H26FN. The van der Waals surface area contributed by atoms with Gasteiger partial charge in [-0.15, -0.1) is 0 Å². The zero-order valence-corrected chi connectivity index (χ0v) is 12.8. The molecule has 2 rings (SSSR count). The second-order valence-corrected chi connectivity index (χ2v) is 7.39. The van der Waals surface area contributed by atoms with Gasteiger partial charge in [-0.05, 0) is 48.3 Å². The van der Waals surface area contributed by atoms with Crippen molar-refractivity contribution in [2.45, 2.75) is 59.5 Å². The third-order valence-electron chi connectivity index (χ3n) is 4.57. The van der Waals surface area contributed by atoms with Gasteiger partial charge in [0.15, 0.2) is 0 Å². The van der Waals surface area contributed by atoms with Crippen molar-refractivity contribution in [3.05, 3.63) is 35.6 Å². The molecule has 0 amide bonds. The third-order valence-corrected chi connectivity index (χ3v) is 4.57. The van der Waals surface area contributed by atoms with Crippen molar-refractivity contribution in [1.82, 2.24) is 5.32 Å². The molecule has 1 nitrogen and oxygen atoms in total. The number of hydrogen-bond acceptors (Lipinski definition) is 1. The van der Waals surface area contributed by atoms with E-state index in [0.29, 0.717) is 11.5 Å². The van der Waals surface area contributed by atoms with Crippen molar-refractivity contribution in [3.63, 3.8) is 0 Å². The molecule has 0 bridgehead atoms. The topological polar surface area (TPSA) is 12.0 Å². The molecule has 2 heteroatoms. The highest BCUT2D eigenvalue weighted by molar-refractivity contribution is 5.22. The van der Waals surface area contributed by atoms with E-state index >= 15 is 0 Å². The second-order valence-electron chi connectivity index (χ2n) is 7.39. The van der Waals surface area contributed by atoms with E-state index in [-0.39, 0.29) is 17.3 Å². The molecule has 0 saturated heterocycles. The molecule has 1 aliphatic rings. The Balaban J connectivity index is 2.19. The Kier molecular flexibility index (Phi) is 3.74. The molecule has 1 N–H and O–H groups in total. The molecule has 0 spiro atoms. The molecule has 1 aromatic carbocycles. The van der Waals surface area contributed by atoms with Crippen LogP contribution >= 0.6 is 0 Å². The summed E-state index contributed by atoms with van der Waals surface area (Å²) in [6.45, 7) is 11.3. The first-order valence-corrected chi connectivity index (χ1v) is 7.24. The first-order valence-electron chi connectivity index (χ1n) is 7.24. The Morgan fingerprint density at radius 1 is 1.16 bits per heavy atom. The number of rotatable bonds is 4. The molecule has 2 atom stereocenters. The van der Waals surface area contributed by atoms with Gasteiger partial charge in [0.05, 0.1) is 0 Å². The van der Waals surface area contributed by atoms with E-state index in [9.17, 15) is 4.39 Å². The Labute approximate surface area is 116 Å². The predicted octanol–water partition coefficient (Wildman–Crippen LogP) is 4.69. The average Bonchev–Trinajstić information content (AvgIpc) is 3.05. The third kappa shape index (κ3) is 3.36. The minimum atomic E-state index is -0.168. The van der Waals surface area contributed by atoms with Crippen LogP contribution in [0.1, 0.15) is 59.1 Å². The van der Waals surface area contributed by atoms with E-state index < -0.39 is 0 Å². The van der Waals surface area contributed by atoms with E-state index in [0.717, 1.165) is 0 Å². The monoisotopic (exact) mass is 263 g/mol. The van der Waals surface area contributed by atoms with Crippen LogP contribution in [0.25, 0.3) is 0 Å². The van der Waals surface area contributed by atoms with Crippen molar-refractivity contribution < 1.29 is 4.39 Å². The maximum atomic E-state index is 13.1. The molecule has 1 fully saturated rings. The highest BCUT2D eigenvalue weighted by atomic mass is 19.1. The molecule has 1 aromatic rings. The summed E-state index contributed by atoms with van der Waals surface area (Å²) in [6, 6.07) is 7.65. The number of halogens is 1. The minimum Gasteiger partial charge on any atom is -0.306 e. The van der Waals surface area contributed by atoms with Gasteiger partial charge in [-0.2, -0.15) is 0 Å².